The number of rotatable bonds is 14. The van der Waals surface area contributed by atoms with Crippen LogP contribution in [0, 0.1) is 34.6 Å². The molecule has 9 aromatic rings. The Balaban J connectivity index is 1.02. The van der Waals surface area contributed by atoms with Crippen LogP contribution < -0.4 is 21.8 Å². The minimum atomic E-state index is -0.314. The molecule has 7 heterocycles. The molecule has 0 fully saturated rings. The number of nitrogens with zero attached hydrogens (tertiary/aromatic N) is 6. The van der Waals surface area contributed by atoms with Gasteiger partial charge in [-0.1, -0.05) is 6.07 Å². The molecule has 0 radical (unpaired) electrons. The predicted molar refractivity (Wildman–Crippen MR) is 265 cm³/mol. The summed E-state index contributed by atoms with van der Waals surface area (Å²) >= 11 is 0. The molecule has 346 valence electrons. The highest BCUT2D eigenvalue weighted by Gasteiger charge is 2.24. The van der Waals surface area contributed by atoms with Crippen LogP contribution in [0.15, 0.2) is 108 Å². The molecule has 0 bridgehead atoms. The van der Waals surface area contributed by atoms with Gasteiger partial charge in [-0.15, -0.1) is 0 Å². The second kappa shape index (κ2) is 18.3. The fraction of sp³-hybridized carbons (Fsp3) is 0.264. The van der Waals surface area contributed by atoms with Gasteiger partial charge in [-0.2, -0.15) is 10.2 Å². The van der Waals surface area contributed by atoms with Crippen LogP contribution in [-0.2, 0) is 26.1 Å². The maximum absolute atomic E-state index is 14.5. The van der Waals surface area contributed by atoms with E-state index in [4.69, 9.17) is 0 Å². The quantitative estimate of drug-likeness (QED) is 0.0722. The lowest BCUT2D eigenvalue weighted by atomic mass is 9.98. The Bertz CT molecular complexity index is 3500. The first-order valence-corrected chi connectivity index (χ1v) is 22.8. The monoisotopic (exact) mass is 909 g/mol. The van der Waals surface area contributed by atoms with Crippen molar-refractivity contribution in [3.05, 3.63) is 180 Å². The lowest BCUT2D eigenvalue weighted by Crippen LogP contribution is -2.29. The number of hydrogen-bond donors (Lipinski definition) is 5. The molecule has 7 aromatic heterocycles. The number of aromatic amines is 3. The Morgan fingerprint density at radius 2 is 1.29 bits per heavy atom. The molecule has 9 rings (SSSR count). The minimum Gasteiger partial charge on any atom is -0.348 e. The Hall–Kier alpha value is -8.07. The van der Waals surface area contributed by atoms with Crippen molar-refractivity contribution in [3.63, 3.8) is 0 Å². The average molecular weight is 910 g/mol. The van der Waals surface area contributed by atoms with E-state index in [1.54, 1.807) is 24.8 Å². The molecule has 0 aliphatic carbocycles. The lowest BCUT2D eigenvalue weighted by Gasteiger charge is -2.19. The SMILES string of the molecule is Cc1cc(C)c(CNC(=O)c2cc(-c3cn[nH]c3)cc3c2c(C)cn3C(C)Cc2cc(C)[nH]c(=O)c2CNC(=O)c2cc(-c3cnn(Cc4ccccn4)c3)cc3c2c(C)cn3C(C)C)c(=O)[nH]1. The molecule has 15 nitrogen and oxygen atoms in total. The van der Waals surface area contributed by atoms with Gasteiger partial charge in [-0.3, -0.25) is 33.9 Å². The second-order valence-corrected chi connectivity index (χ2v) is 18.2. The van der Waals surface area contributed by atoms with Crippen molar-refractivity contribution < 1.29 is 9.59 Å². The molecule has 0 spiro atoms. The average Bonchev–Trinajstić information content (AvgIpc) is 4.13. The van der Waals surface area contributed by atoms with E-state index in [0.29, 0.717) is 40.9 Å². The summed E-state index contributed by atoms with van der Waals surface area (Å²) < 4.78 is 6.16. The number of carbonyl (C=O) groups is 2. The van der Waals surface area contributed by atoms with Crippen LogP contribution >= 0.6 is 0 Å². The molecular weight excluding hydrogens is 855 g/mol. The molecule has 0 saturated carbocycles. The third kappa shape index (κ3) is 8.82. The van der Waals surface area contributed by atoms with Crippen molar-refractivity contribution in [1.82, 2.24) is 54.7 Å². The van der Waals surface area contributed by atoms with E-state index in [-0.39, 0.29) is 48.1 Å². The molecule has 0 aliphatic rings. The molecule has 68 heavy (non-hydrogen) atoms. The van der Waals surface area contributed by atoms with Gasteiger partial charge < -0.3 is 29.7 Å². The van der Waals surface area contributed by atoms with Crippen LogP contribution in [0.25, 0.3) is 44.1 Å². The highest BCUT2D eigenvalue weighted by molar-refractivity contribution is 6.10. The lowest BCUT2D eigenvalue weighted by molar-refractivity contribution is 0.0944. The van der Waals surface area contributed by atoms with Gasteiger partial charge in [0.15, 0.2) is 0 Å². The number of nitrogens with one attached hydrogen (secondary N) is 5. The predicted octanol–water partition coefficient (Wildman–Crippen LogP) is 8.46. The van der Waals surface area contributed by atoms with Gasteiger partial charge >= 0.3 is 0 Å². The molecule has 1 unspecified atom stereocenters. The number of fused-ring (bicyclic) bond motifs is 2. The fourth-order valence-corrected chi connectivity index (χ4v) is 9.53. The van der Waals surface area contributed by atoms with E-state index >= 15 is 0 Å². The van der Waals surface area contributed by atoms with Gasteiger partial charge in [-0.05, 0) is 144 Å². The minimum absolute atomic E-state index is 0.00211. The highest BCUT2D eigenvalue weighted by atomic mass is 16.2. The van der Waals surface area contributed by atoms with Crippen LogP contribution in [0.3, 0.4) is 0 Å². The summed E-state index contributed by atoms with van der Waals surface area (Å²) in [5, 5.41) is 19.4. The molecule has 2 aromatic carbocycles. The number of pyridine rings is 3. The maximum Gasteiger partial charge on any atom is 0.253 e. The Kier molecular flexibility index (Phi) is 12.1. The van der Waals surface area contributed by atoms with Gasteiger partial charge in [0.05, 0.1) is 24.6 Å². The normalized spacial score (nSPS) is 12.1. The summed E-state index contributed by atoms with van der Waals surface area (Å²) in [5.41, 5.74) is 12.3. The van der Waals surface area contributed by atoms with E-state index in [1.807, 2.05) is 100 Å². The van der Waals surface area contributed by atoms with Crippen molar-refractivity contribution in [2.24, 2.45) is 0 Å². The molecule has 2 amide bonds. The number of aryl methyl sites for hydroxylation is 5. The van der Waals surface area contributed by atoms with Gasteiger partial charge in [0.25, 0.3) is 22.9 Å². The van der Waals surface area contributed by atoms with E-state index in [0.717, 1.165) is 77.7 Å². The van der Waals surface area contributed by atoms with Gasteiger partial charge in [0.2, 0.25) is 0 Å². The van der Waals surface area contributed by atoms with Crippen LogP contribution in [0.5, 0.6) is 0 Å². The van der Waals surface area contributed by atoms with Gasteiger partial charge in [0.1, 0.15) is 0 Å². The number of aromatic nitrogens is 9. The zero-order chi connectivity index (χ0) is 48.0. The molecular formula is C53H55N11O4. The summed E-state index contributed by atoms with van der Waals surface area (Å²) in [6.45, 7) is 16.4. The van der Waals surface area contributed by atoms with Gasteiger partial charge in [0, 0.05) is 123 Å². The largest absolute Gasteiger partial charge is 0.348 e. The number of benzene rings is 2. The smallest absolute Gasteiger partial charge is 0.253 e. The summed E-state index contributed by atoms with van der Waals surface area (Å²) in [6, 6.07) is 17.5. The molecule has 0 saturated heterocycles. The topological polar surface area (TPSA) is 193 Å². The first-order valence-electron chi connectivity index (χ1n) is 22.8. The first kappa shape index (κ1) is 45.1. The van der Waals surface area contributed by atoms with Crippen LogP contribution in [0.2, 0.25) is 0 Å². The van der Waals surface area contributed by atoms with Crippen molar-refractivity contribution in [3.8, 4) is 22.3 Å². The zero-order valence-corrected chi connectivity index (χ0v) is 39.5. The van der Waals surface area contributed by atoms with Crippen LogP contribution in [-0.4, -0.2) is 55.9 Å². The van der Waals surface area contributed by atoms with Crippen molar-refractivity contribution in [2.75, 3.05) is 0 Å². The van der Waals surface area contributed by atoms with E-state index in [2.05, 4.69) is 83.1 Å². The first-order chi connectivity index (χ1) is 32.6. The number of hydrogen-bond acceptors (Lipinski definition) is 7. The molecule has 0 aliphatic heterocycles. The van der Waals surface area contributed by atoms with Crippen molar-refractivity contribution >= 4 is 33.6 Å². The van der Waals surface area contributed by atoms with E-state index in [1.165, 1.54) is 0 Å². The van der Waals surface area contributed by atoms with Gasteiger partial charge in [-0.25, -0.2) is 0 Å². The van der Waals surface area contributed by atoms with Crippen molar-refractivity contribution in [2.45, 2.75) is 93.5 Å². The molecule has 5 N–H and O–H groups in total. The Morgan fingerprint density at radius 1 is 0.676 bits per heavy atom. The maximum atomic E-state index is 14.5. The Morgan fingerprint density at radius 3 is 1.91 bits per heavy atom. The van der Waals surface area contributed by atoms with Crippen LogP contribution in [0.1, 0.15) is 104 Å². The number of amides is 2. The van der Waals surface area contributed by atoms with Crippen molar-refractivity contribution in [1.29, 1.82) is 0 Å². The fourth-order valence-electron chi connectivity index (χ4n) is 9.53. The zero-order valence-electron chi connectivity index (χ0n) is 39.5. The van der Waals surface area contributed by atoms with E-state index in [9.17, 15) is 19.2 Å². The highest BCUT2D eigenvalue weighted by Crippen LogP contribution is 2.35. The number of carbonyl (C=O) groups excluding carboxylic acids is 2. The summed E-state index contributed by atoms with van der Waals surface area (Å²) in [5.74, 6) is -0.612. The standard InChI is InChI=1S/C53H55N11O4/c1-29(2)63-25-31(4)48-43(17-37(19-46(48)63)40-22-59-62(27-40)28-41-11-9-10-12-54-41)51(66)56-24-45-38(14-34(7)61-53(45)68)15-35(8)64-26-32(5)49-42(16-36(18-47(49)64)39-20-57-58-21-39)50(65)55-23-44-30(3)13-33(6)60-52(44)67/h9-14,16-22,25-27,29,35H,15,23-24,28H2,1-8H3,(H,55,65)(H,56,66)(H,57,58)(H,60,67)(H,61,68). The Labute approximate surface area is 392 Å². The van der Waals surface area contributed by atoms with Crippen LogP contribution in [0.4, 0.5) is 0 Å². The summed E-state index contributed by atoms with van der Waals surface area (Å²) in [6.07, 6.45) is 13.6. The third-order valence-electron chi connectivity index (χ3n) is 12.8. The summed E-state index contributed by atoms with van der Waals surface area (Å²) in [4.78, 5) is 65.7. The molecule has 15 heteroatoms. The van der Waals surface area contributed by atoms with E-state index < -0.39 is 0 Å². The molecule has 1 atom stereocenters. The second-order valence-electron chi connectivity index (χ2n) is 18.2. The summed E-state index contributed by atoms with van der Waals surface area (Å²) in [7, 11) is 0. The third-order valence-corrected chi connectivity index (χ3v) is 12.8. The number of H-pyrrole nitrogens is 3.